The molecule has 0 aliphatic carbocycles. The predicted molar refractivity (Wildman–Crippen MR) is 142 cm³/mol. The number of thiocarbonyl (C=S) groups is 1. The third-order valence-corrected chi connectivity index (χ3v) is 6.47. The van der Waals surface area contributed by atoms with Gasteiger partial charge in [-0.3, -0.25) is 9.36 Å². The number of hydrogen-bond acceptors (Lipinski definition) is 3. The van der Waals surface area contributed by atoms with Crippen molar-refractivity contribution >= 4 is 56.4 Å². The van der Waals surface area contributed by atoms with Gasteiger partial charge in [0.2, 0.25) is 0 Å². The fourth-order valence-corrected chi connectivity index (χ4v) is 4.32. The minimum Gasteiger partial charge on any atom is -0.329 e. The van der Waals surface area contributed by atoms with Gasteiger partial charge in [0.15, 0.2) is 10.9 Å². The quantitative estimate of drug-likeness (QED) is 0.278. The highest BCUT2D eigenvalue weighted by Crippen LogP contribution is 2.24. The summed E-state index contributed by atoms with van der Waals surface area (Å²) in [6.45, 7) is 7.35. The van der Waals surface area contributed by atoms with Crippen LogP contribution in [0.1, 0.15) is 28.1 Å². The number of hydrogen-bond donors (Lipinski definition) is 2. The summed E-state index contributed by atoms with van der Waals surface area (Å²) in [6, 6.07) is 16.2. The fraction of sp³-hybridized carbons (Fsp3) is 0.208. The van der Waals surface area contributed by atoms with Gasteiger partial charge in [0.25, 0.3) is 0 Å². The van der Waals surface area contributed by atoms with Crippen molar-refractivity contribution in [1.29, 1.82) is 0 Å². The highest BCUT2D eigenvalue weighted by atomic mass is 79.9. The number of benzene rings is 2. The molecule has 0 spiro atoms. The molecule has 9 heteroatoms. The van der Waals surface area contributed by atoms with E-state index in [1.807, 2.05) is 53.7 Å². The van der Waals surface area contributed by atoms with Crippen molar-refractivity contribution in [3.63, 3.8) is 0 Å². The monoisotopic (exact) mass is 542 g/mol. The summed E-state index contributed by atoms with van der Waals surface area (Å²) in [7, 11) is 0. The number of halogens is 2. The molecule has 4 rings (SSSR count). The van der Waals surface area contributed by atoms with Crippen molar-refractivity contribution < 1.29 is 0 Å². The Hall–Kier alpha value is -2.68. The average Bonchev–Trinajstić information content (AvgIpc) is 3.24. The maximum atomic E-state index is 6.28. The lowest BCUT2D eigenvalue weighted by molar-refractivity contribution is 0.659. The molecule has 0 saturated carbocycles. The van der Waals surface area contributed by atoms with E-state index in [-0.39, 0.29) is 0 Å². The van der Waals surface area contributed by atoms with Gasteiger partial charge in [-0.15, -0.1) is 0 Å². The highest BCUT2D eigenvalue weighted by Gasteiger charge is 2.15. The van der Waals surface area contributed by atoms with E-state index >= 15 is 0 Å². The Labute approximate surface area is 212 Å². The minimum atomic E-state index is 0.444. The van der Waals surface area contributed by atoms with Crippen LogP contribution in [-0.2, 0) is 13.1 Å². The maximum Gasteiger partial charge on any atom is 0.176 e. The molecule has 4 aromatic rings. The van der Waals surface area contributed by atoms with Crippen molar-refractivity contribution in [3.05, 3.63) is 92.3 Å². The molecule has 2 heterocycles. The molecule has 0 unspecified atom stereocenters. The van der Waals surface area contributed by atoms with Gasteiger partial charge in [-0.05, 0) is 66.1 Å². The Morgan fingerprint density at radius 3 is 2.45 bits per heavy atom. The van der Waals surface area contributed by atoms with Gasteiger partial charge in [-0.1, -0.05) is 59.6 Å². The Bertz CT molecular complexity index is 1300. The molecule has 0 bridgehead atoms. The van der Waals surface area contributed by atoms with Gasteiger partial charge in [-0.2, -0.15) is 10.2 Å². The molecule has 0 amide bonds. The van der Waals surface area contributed by atoms with E-state index in [0.717, 1.165) is 27.1 Å². The lowest BCUT2D eigenvalue weighted by Gasteiger charge is -2.10. The SMILES string of the molecule is Cc1ccc(Cn2nc(C)c(NC(=S)Nc3nn(Cc4ccccc4Cl)cc3Br)c2C)cc1. The van der Waals surface area contributed by atoms with Crippen LogP contribution >= 0.6 is 39.7 Å². The summed E-state index contributed by atoms with van der Waals surface area (Å²) in [5.74, 6) is 0.627. The third kappa shape index (κ3) is 5.63. The molecular formula is C24H24BrClN6S. The zero-order valence-electron chi connectivity index (χ0n) is 18.6. The molecule has 33 heavy (non-hydrogen) atoms. The Kier molecular flexibility index (Phi) is 7.17. The molecule has 2 N–H and O–H groups in total. The summed E-state index contributed by atoms with van der Waals surface area (Å²) < 4.78 is 4.60. The first-order valence-corrected chi connectivity index (χ1v) is 12.0. The van der Waals surface area contributed by atoms with Gasteiger partial charge >= 0.3 is 0 Å². The number of rotatable bonds is 6. The molecule has 6 nitrogen and oxygen atoms in total. The fourth-order valence-electron chi connectivity index (χ4n) is 3.51. The van der Waals surface area contributed by atoms with Crippen molar-refractivity contribution in [2.45, 2.75) is 33.9 Å². The van der Waals surface area contributed by atoms with Gasteiger partial charge < -0.3 is 10.6 Å². The van der Waals surface area contributed by atoms with Crippen LogP contribution in [0, 0.1) is 20.8 Å². The number of nitrogens with zero attached hydrogens (tertiary/aromatic N) is 4. The van der Waals surface area contributed by atoms with Crippen molar-refractivity contribution in [2.24, 2.45) is 0 Å². The smallest absolute Gasteiger partial charge is 0.176 e. The van der Waals surface area contributed by atoms with E-state index in [4.69, 9.17) is 23.8 Å². The number of anilines is 2. The molecule has 2 aromatic heterocycles. The first-order chi connectivity index (χ1) is 15.8. The summed E-state index contributed by atoms with van der Waals surface area (Å²) in [5, 5.41) is 16.9. The van der Waals surface area contributed by atoms with Gasteiger partial charge in [0, 0.05) is 11.2 Å². The maximum absolute atomic E-state index is 6.28. The first-order valence-electron chi connectivity index (χ1n) is 10.4. The Balaban J connectivity index is 1.44. The van der Waals surface area contributed by atoms with Gasteiger partial charge in [0.1, 0.15) is 0 Å². The van der Waals surface area contributed by atoms with Crippen LogP contribution in [0.15, 0.2) is 59.2 Å². The van der Waals surface area contributed by atoms with E-state index < -0.39 is 0 Å². The van der Waals surface area contributed by atoms with E-state index in [2.05, 4.69) is 68.0 Å². The topological polar surface area (TPSA) is 59.7 Å². The van der Waals surface area contributed by atoms with Crippen LogP contribution in [0.3, 0.4) is 0 Å². The summed E-state index contributed by atoms with van der Waals surface area (Å²) >= 11 is 15.4. The second-order valence-corrected chi connectivity index (χ2v) is 9.55. The third-order valence-electron chi connectivity index (χ3n) is 5.31. The lowest BCUT2D eigenvalue weighted by atomic mass is 10.1. The van der Waals surface area contributed by atoms with Crippen LogP contribution < -0.4 is 10.6 Å². The van der Waals surface area contributed by atoms with E-state index in [0.29, 0.717) is 29.0 Å². The second-order valence-electron chi connectivity index (χ2n) is 7.88. The molecule has 2 aromatic carbocycles. The molecule has 0 atom stereocenters. The minimum absolute atomic E-state index is 0.444. The van der Waals surface area contributed by atoms with Crippen LogP contribution in [0.2, 0.25) is 5.02 Å². The molecule has 0 radical (unpaired) electrons. The van der Waals surface area contributed by atoms with E-state index in [1.54, 1.807) is 0 Å². The second kappa shape index (κ2) is 10.1. The highest BCUT2D eigenvalue weighted by molar-refractivity contribution is 9.10. The number of aryl methyl sites for hydroxylation is 2. The summed E-state index contributed by atoms with van der Waals surface area (Å²) in [5.41, 5.74) is 6.23. The van der Waals surface area contributed by atoms with Crippen LogP contribution in [0.25, 0.3) is 0 Å². The number of nitrogens with one attached hydrogen (secondary N) is 2. The predicted octanol–water partition coefficient (Wildman–Crippen LogP) is 6.33. The summed E-state index contributed by atoms with van der Waals surface area (Å²) in [4.78, 5) is 0. The molecule has 0 aliphatic rings. The van der Waals surface area contributed by atoms with Crippen molar-refractivity contribution in [2.75, 3.05) is 10.6 Å². The zero-order valence-corrected chi connectivity index (χ0v) is 21.7. The Morgan fingerprint density at radius 2 is 1.73 bits per heavy atom. The molecule has 0 fully saturated rings. The van der Waals surface area contributed by atoms with Crippen LogP contribution in [0.4, 0.5) is 11.5 Å². The zero-order chi connectivity index (χ0) is 23.5. The largest absolute Gasteiger partial charge is 0.329 e. The average molecular weight is 544 g/mol. The normalized spacial score (nSPS) is 10.9. The molecule has 0 saturated heterocycles. The molecule has 170 valence electrons. The van der Waals surface area contributed by atoms with Gasteiger partial charge in [-0.25, -0.2) is 0 Å². The van der Waals surface area contributed by atoms with E-state index in [9.17, 15) is 0 Å². The summed E-state index contributed by atoms with van der Waals surface area (Å²) in [6.07, 6.45) is 1.89. The Morgan fingerprint density at radius 1 is 1.00 bits per heavy atom. The van der Waals surface area contributed by atoms with E-state index in [1.165, 1.54) is 11.1 Å². The standard InChI is InChI=1S/C24H24BrClN6S/c1-15-8-10-18(11-9-15)12-32-17(3)22(16(2)29-32)27-24(33)28-23-20(25)14-31(30-23)13-19-6-4-5-7-21(19)26/h4-11,14H,12-13H2,1-3H3,(H2,27,28,30,33). The van der Waals surface area contributed by atoms with Crippen LogP contribution in [0.5, 0.6) is 0 Å². The van der Waals surface area contributed by atoms with Crippen molar-refractivity contribution in [3.8, 4) is 0 Å². The lowest BCUT2D eigenvalue weighted by Crippen LogP contribution is -2.20. The van der Waals surface area contributed by atoms with Crippen molar-refractivity contribution in [1.82, 2.24) is 19.6 Å². The molecular weight excluding hydrogens is 520 g/mol. The van der Waals surface area contributed by atoms with Gasteiger partial charge in [0.05, 0.1) is 34.6 Å². The number of aromatic nitrogens is 4. The first kappa shape index (κ1) is 23.5. The van der Waals surface area contributed by atoms with Crippen LogP contribution in [-0.4, -0.2) is 24.7 Å². The molecule has 0 aliphatic heterocycles.